The molecule has 1 amide bonds. The number of halogens is 2. The summed E-state index contributed by atoms with van der Waals surface area (Å²) in [6, 6.07) is 2.80. The molecule has 0 saturated carbocycles. The molecular weight excluding hydrogens is 228 g/mol. The second-order valence-electron chi connectivity index (χ2n) is 3.34. The van der Waals surface area contributed by atoms with Crippen LogP contribution in [0.25, 0.3) is 0 Å². The van der Waals surface area contributed by atoms with Crippen molar-refractivity contribution in [3.63, 3.8) is 0 Å². The molecule has 88 valence electrons. The Labute approximate surface area is 95.7 Å². The zero-order valence-electron chi connectivity index (χ0n) is 8.71. The second-order valence-corrected chi connectivity index (χ2v) is 3.34. The number of rotatable bonds is 3. The van der Waals surface area contributed by atoms with Crippen molar-refractivity contribution in [3.05, 3.63) is 53.6 Å². The summed E-state index contributed by atoms with van der Waals surface area (Å²) in [6.07, 6.45) is 3.15. The first-order valence-electron chi connectivity index (χ1n) is 4.88. The number of hydrogen-bond donors (Lipinski definition) is 2. The first-order chi connectivity index (χ1) is 8.16. The maximum Gasteiger partial charge on any atom is 0.254 e. The zero-order valence-corrected chi connectivity index (χ0v) is 8.71. The summed E-state index contributed by atoms with van der Waals surface area (Å²) < 4.78 is 25.9. The standard InChI is InChI=1S/C11H9F2N3O/c12-7-1-2-8(9(13)5-7)11(17)16-6-10-14-3-4-15-10/h1-5H,6H2,(H,14,15)(H,16,17). The smallest absolute Gasteiger partial charge is 0.254 e. The third kappa shape index (κ3) is 2.66. The maximum absolute atomic E-state index is 13.2. The van der Waals surface area contributed by atoms with Gasteiger partial charge in [-0.1, -0.05) is 0 Å². The van der Waals surface area contributed by atoms with Crippen molar-refractivity contribution in [1.29, 1.82) is 0 Å². The van der Waals surface area contributed by atoms with Crippen LogP contribution in [0.15, 0.2) is 30.6 Å². The van der Waals surface area contributed by atoms with E-state index in [4.69, 9.17) is 0 Å². The highest BCUT2D eigenvalue weighted by Gasteiger charge is 2.12. The van der Waals surface area contributed by atoms with E-state index in [1.807, 2.05) is 0 Å². The Morgan fingerprint density at radius 2 is 2.24 bits per heavy atom. The Hall–Kier alpha value is -2.24. The van der Waals surface area contributed by atoms with E-state index in [1.165, 1.54) is 0 Å². The number of benzene rings is 1. The van der Waals surface area contributed by atoms with Gasteiger partial charge in [0.2, 0.25) is 0 Å². The van der Waals surface area contributed by atoms with E-state index < -0.39 is 17.5 Å². The molecule has 4 nitrogen and oxygen atoms in total. The van der Waals surface area contributed by atoms with Crippen molar-refractivity contribution in [2.45, 2.75) is 6.54 Å². The number of nitrogens with zero attached hydrogens (tertiary/aromatic N) is 1. The van der Waals surface area contributed by atoms with Crippen molar-refractivity contribution >= 4 is 5.91 Å². The minimum Gasteiger partial charge on any atom is -0.347 e. The molecule has 1 heterocycles. The quantitative estimate of drug-likeness (QED) is 0.852. The van der Waals surface area contributed by atoms with Crippen LogP contribution in [0.3, 0.4) is 0 Å². The zero-order chi connectivity index (χ0) is 12.3. The summed E-state index contributed by atoms with van der Waals surface area (Å²) in [7, 11) is 0. The molecule has 0 aliphatic carbocycles. The highest BCUT2D eigenvalue weighted by atomic mass is 19.1. The predicted octanol–water partition coefficient (Wildman–Crippen LogP) is 1.62. The highest BCUT2D eigenvalue weighted by molar-refractivity contribution is 5.94. The van der Waals surface area contributed by atoms with E-state index in [2.05, 4.69) is 15.3 Å². The van der Waals surface area contributed by atoms with Crippen molar-refractivity contribution in [2.75, 3.05) is 0 Å². The predicted molar refractivity (Wildman–Crippen MR) is 56.1 cm³/mol. The molecular formula is C11H9F2N3O. The summed E-state index contributed by atoms with van der Waals surface area (Å²) in [5.41, 5.74) is -0.196. The fourth-order valence-electron chi connectivity index (χ4n) is 1.33. The number of aromatic amines is 1. The molecule has 0 radical (unpaired) electrons. The van der Waals surface area contributed by atoms with E-state index >= 15 is 0 Å². The monoisotopic (exact) mass is 237 g/mol. The molecule has 2 rings (SSSR count). The summed E-state index contributed by atoms with van der Waals surface area (Å²) >= 11 is 0. The fourth-order valence-corrected chi connectivity index (χ4v) is 1.33. The molecule has 0 unspecified atom stereocenters. The lowest BCUT2D eigenvalue weighted by atomic mass is 10.2. The Bertz CT molecular complexity index is 526. The normalized spacial score (nSPS) is 10.2. The van der Waals surface area contributed by atoms with Gasteiger partial charge in [0.15, 0.2) is 0 Å². The third-order valence-corrected chi connectivity index (χ3v) is 2.15. The average molecular weight is 237 g/mol. The van der Waals surface area contributed by atoms with Crippen LogP contribution < -0.4 is 5.32 Å². The SMILES string of the molecule is O=C(NCc1ncc[nH]1)c1ccc(F)cc1F. The van der Waals surface area contributed by atoms with Crippen molar-refractivity contribution < 1.29 is 13.6 Å². The minimum absolute atomic E-state index is 0.155. The van der Waals surface area contributed by atoms with Crippen LogP contribution in [0, 0.1) is 11.6 Å². The van der Waals surface area contributed by atoms with Gasteiger partial charge in [-0.3, -0.25) is 4.79 Å². The number of imidazole rings is 1. The number of carbonyl (C=O) groups excluding carboxylic acids is 1. The molecule has 0 spiro atoms. The van der Waals surface area contributed by atoms with Crippen LogP contribution in [0.4, 0.5) is 8.78 Å². The molecule has 1 aromatic heterocycles. The number of H-pyrrole nitrogens is 1. The van der Waals surface area contributed by atoms with Gasteiger partial charge in [0.05, 0.1) is 12.1 Å². The van der Waals surface area contributed by atoms with Gasteiger partial charge in [-0.05, 0) is 12.1 Å². The van der Waals surface area contributed by atoms with Crippen LogP contribution in [-0.4, -0.2) is 15.9 Å². The molecule has 0 aliphatic heterocycles. The number of hydrogen-bond acceptors (Lipinski definition) is 2. The molecule has 1 aromatic carbocycles. The number of nitrogens with one attached hydrogen (secondary N) is 2. The van der Waals surface area contributed by atoms with E-state index in [9.17, 15) is 13.6 Å². The maximum atomic E-state index is 13.2. The van der Waals surface area contributed by atoms with Crippen molar-refractivity contribution in [2.24, 2.45) is 0 Å². The van der Waals surface area contributed by atoms with Crippen LogP contribution in [-0.2, 0) is 6.54 Å². The second kappa shape index (κ2) is 4.73. The third-order valence-electron chi connectivity index (χ3n) is 2.15. The van der Waals surface area contributed by atoms with Gasteiger partial charge in [0, 0.05) is 18.5 Å². The van der Waals surface area contributed by atoms with Crippen LogP contribution in [0.5, 0.6) is 0 Å². The van der Waals surface area contributed by atoms with Crippen molar-refractivity contribution in [3.8, 4) is 0 Å². The summed E-state index contributed by atoms with van der Waals surface area (Å²) in [5, 5.41) is 2.47. The first kappa shape index (κ1) is 11.3. The molecule has 0 saturated heterocycles. The minimum atomic E-state index is -0.887. The van der Waals surface area contributed by atoms with Gasteiger partial charge in [-0.25, -0.2) is 13.8 Å². The molecule has 0 aliphatic rings. The summed E-state index contributed by atoms with van der Waals surface area (Å²) in [4.78, 5) is 18.2. The van der Waals surface area contributed by atoms with Crippen LogP contribution in [0.1, 0.15) is 16.2 Å². The molecule has 0 atom stereocenters. The molecule has 0 bridgehead atoms. The van der Waals surface area contributed by atoms with Crippen LogP contribution >= 0.6 is 0 Å². The summed E-state index contributed by atoms with van der Waals surface area (Å²) in [6.45, 7) is 0.155. The number of amides is 1. The highest BCUT2D eigenvalue weighted by Crippen LogP contribution is 2.09. The molecule has 17 heavy (non-hydrogen) atoms. The molecule has 2 aromatic rings. The van der Waals surface area contributed by atoms with Gasteiger partial charge >= 0.3 is 0 Å². The lowest BCUT2D eigenvalue weighted by Crippen LogP contribution is -2.24. The Balaban J connectivity index is 2.04. The van der Waals surface area contributed by atoms with Gasteiger partial charge in [0.25, 0.3) is 5.91 Å². The number of carbonyl (C=O) groups is 1. The van der Waals surface area contributed by atoms with E-state index in [-0.39, 0.29) is 12.1 Å². The van der Waals surface area contributed by atoms with Gasteiger partial charge in [0.1, 0.15) is 17.5 Å². The van der Waals surface area contributed by atoms with Gasteiger partial charge in [-0.2, -0.15) is 0 Å². The van der Waals surface area contributed by atoms with Crippen LogP contribution in [0.2, 0.25) is 0 Å². The van der Waals surface area contributed by atoms with E-state index in [1.54, 1.807) is 12.4 Å². The number of aromatic nitrogens is 2. The topological polar surface area (TPSA) is 57.8 Å². The van der Waals surface area contributed by atoms with Gasteiger partial charge in [-0.15, -0.1) is 0 Å². The fraction of sp³-hybridized carbons (Fsp3) is 0.0909. The Kier molecular flexibility index (Phi) is 3.13. The first-order valence-corrected chi connectivity index (χ1v) is 4.88. The Morgan fingerprint density at radius 3 is 2.88 bits per heavy atom. The average Bonchev–Trinajstić information content (AvgIpc) is 2.78. The van der Waals surface area contributed by atoms with Gasteiger partial charge < -0.3 is 10.3 Å². The Morgan fingerprint density at radius 1 is 1.41 bits per heavy atom. The molecule has 0 fully saturated rings. The van der Waals surface area contributed by atoms with E-state index in [0.717, 1.165) is 12.1 Å². The van der Waals surface area contributed by atoms with Crippen molar-refractivity contribution in [1.82, 2.24) is 15.3 Å². The largest absolute Gasteiger partial charge is 0.347 e. The molecule has 2 N–H and O–H groups in total. The lowest BCUT2D eigenvalue weighted by Gasteiger charge is -2.04. The van der Waals surface area contributed by atoms with E-state index in [0.29, 0.717) is 11.9 Å². The lowest BCUT2D eigenvalue weighted by molar-refractivity contribution is 0.0946. The summed E-state index contributed by atoms with van der Waals surface area (Å²) in [5.74, 6) is -1.66. The molecule has 6 heteroatoms.